The number of imidazole rings is 1. The van der Waals surface area contributed by atoms with Crippen LogP contribution in [0, 0.1) is 17.8 Å². The topological polar surface area (TPSA) is 175 Å². The van der Waals surface area contributed by atoms with Crippen LogP contribution in [0.2, 0.25) is 0 Å². The number of hydrogen-bond acceptors (Lipinski definition) is 8. The summed E-state index contributed by atoms with van der Waals surface area (Å²) >= 11 is 0. The van der Waals surface area contributed by atoms with Crippen molar-refractivity contribution in [1.29, 1.82) is 0 Å². The molecule has 3 fully saturated rings. The summed E-state index contributed by atoms with van der Waals surface area (Å²) in [5.74, 6) is -3.99. The molecular formula is C53H57F2N7O7. The van der Waals surface area contributed by atoms with E-state index in [1.807, 2.05) is 58.0 Å². The highest BCUT2D eigenvalue weighted by molar-refractivity contribution is 6.00. The Morgan fingerprint density at radius 3 is 1.93 bits per heavy atom. The van der Waals surface area contributed by atoms with Crippen LogP contribution in [0.1, 0.15) is 82.8 Å². The first-order chi connectivity index (χ1) is 33.1. The Bertz CT molecular complexity index is 2830. The summed E-state index contributed by atoms with van der Waals surface area (Å²) in [5, 5.41) is 8.33. The van der Waals surface area contributed by atoms with Gasteiger partial charge in [-0.15, -0.1) is 0 Å². The Morgan fingerprint density at radius 1 is 0.725 bits per heavy atom. The molecule has 2 aliphatic carbocycles. The minimum absolute atomic E-state index is 0.0285. The van der Waals surface area contributed by atoms with Crippen molar-refractivity contribution in [1.82, 2.24) is 30.4 Å². The number of rotatable bonds is 12. The van der Waals surface area contributed by atoms with Crippen LogP contribution in [0.15, 0.2) is 91.1 Å². The van der Waals surface area contributed by atoms with E-state index in [4.69, 9.17) is 9.47 Å². The Kier molecular flexibility index (Phi) is 12.8. The number of piperidine rings is 1. The molecule has 16 heteroatoms. The van der Waals surface area contributed by atoms with Crippen LogP contribution in [0.25, 0.3) is 44.6 Å². The number of methoxy groups -OCH3 is 2. The lowest BCUT2D eigenvalue weighted by Crippen LogP contribution is -2.58. The largest absolute Gasteiger partial charge is 0.453 e. The second-order valence-corrected chi connectivity index (χ2v) is 19.3. The van der Waals surface area contributed by atoms with Gasteiger partial charge in [0.2, 0.25) is 17.7 Å². The molecule has 4 aliphatic rings. The molecule has 3 heterocycles. The van der Waals surface area contributed by atoms with E-state index >= 15 is 8.78 Å². The first-order valence-electron chi connectivity index (χ1n) is 23.6. The van der Waals surface area contributed by atoms with Crippen LogP contribution in [0.5, 0.6) is 0 Å². The van der Waals surface area contributed by atoms with E-state index in [-0.39, 0.29) is 58.7 Å². The molecule has 0 spiro atoms. The predicted molar refractivity (Wildman–Crippen MR) is 256 cm³/mol. The lowest BCUT2D eigenvalue weighted by Gasteiger charge is -2.37. The average molecular weight is 942 g/mol. The van der Waals surface area contributed by atoms with Crippen LogP contribution in [-0.4, -0.2) is 94.6 Å². The molecule has 69 heavy (non-hydrogen) atoms. The van der Waals surface area contributed by atoms with Gasteiger partial charge in [-0.2, -0.15) is 8.78 Å². The van der Waals surface area contributed by atoms with Crippen molar-refractivity contribution < 1.29 is 42.2 Å². The Labute approximate surface area is 399 Å². The summed E-state index contributed by atoms with van der Waals surface area (Å²) in [6, 6.07) is 22.0. The van der Waals surface area contributed by atoms with Crippen LogP contribution in [0.3, 0.4) is 0 Å². The minimum atomic E-state index is -3.31. The van der Waals surface area contributed by atoms with Crippen LogP contribution >= 0.6 is 0 Å². The second kappa shape index (κ2) is 18.8. The molecule has 2 aliphatic heterocycles. The van der Waals surface area contributed by atoms with Crippen molar-refractivity contribution in [2.45, 2.75) is 95.9 Å². The molecule has 14 nitrogen and oxygen atoms in total. The average Bonchev–Trinajstić information content (AvgIpc) is 4.21. The lowest BCUT2D eigenvalue weighted by atomic mass is 9.95. The monoisotopic (exact) mass is 941 g/mol. The Hall–Kier alpha value is -7.10. The van der Waals surface area contributed by atoms with Crippen molar-refractivity contribution in [3.05, 3.63) is 108 Å². The molecule has 1 saturated carbocycles. The molecule has 4 unspecified atom stereocenters. The summed E-state index contributed by atoms with van der Waals surface area (Å²) in [6.45, 7) is 7.91. The molecule has 9 rings (SSSR count). The summed E-state index contributed by atoms with van der Waals surface area (Å²) in [6.07, 6.45) is 4.08. The molecule has 1 aromatic heterocycles. The molecule has 4 aromatic carbocycles. The summed E-state index contributed by atoms with van der Waals surface area (Å²) < 4.78 is 42.9. The third kappa shape index (κ3) is 8.81. The quantitative estimate of drug-likeness (QED) is 0.0958. The fraction of sp³-hybridized carbons (Fsp3) is 0.396. The molecule has 5 aromatic rings. The lowest BCUT2D eigenvalue weighted by molar-refractivity contribution is -0.143. The number of anilines is 1. The Balaban J connectivity index is 0.911. The van der Waals surface area contributed by atoms with Gasteiger partial charge in [0.15, 0.2) is 0 Å². The van der Waals surface area contributed by atoms with Gasteiger partial charge in [-0.3, -0.25) is 14.4 Å². The molecule has 2 bridgehead atoms. The number of nitrogens with one attached hydrogen (secondary N) is 4. The first-order valence-corrected chi connectivity index (χ1v) is 23.6. The summed E-state index contributed by atoms with van der Waals surface area (Å²) in [7, 11) is 2.50. The number of benzene rings is 4. The molecule has 2 saturated heterocycles. The zero-order chi connectivity index (χ0) is 48.9. The van der Waals surface area contributed by atoms with Crippen LogP contribution < -0.4 is 16.0 Å². The summed E-state index contributed by atoms with van der Waals surface area (Å²) in [5.41, 5.74) is 5.19. The van der Waals surface area contributed by atoms with Gasteiger partial charge in [0, 0.05) is 35.0 Å². The first kappa shape index (κ1) is 47.0. The second-order valence-electron chi connectivity index (χ2n) is 19.3. The van der Waals surface area contributed by atoms with Gasteiger partial charge in [-0.05, 0) is 114 Å². The number of halogens is 2. The van der Waals surface area contributed by atoms with Gasteiger partial charge in [0.1, 0.15) is 23.9 Å². The molecule has 6 atom stereocenters. The SMILES string of the molecule is COC(=O)NC(C(=O)N1CCCC1c1ncc(-c2cccc(-c3ccc4c(c3)C(F)(F)c3cc(-c5cccc(NC(=O)[C@@H]6C7CCC(C7)N6C(=O)[C@@H](NC(=O)OC)C(C)C)c5)ccc3-4)c2)[nH]1)C(C)C. The number of carbonyl (C=O) groups excluding carboxylic acids is 5. The smallest absolute Gasteiger partial charge is 0.407 e. The third-order valence-electron chi connectivity index (χ3n) is 14.3. The number of H-pyrrole nitrogens is 1. The number of nitrogens with zero attached hydrogens (tertiary/aromatic N) is 3. The Morgan fingerprint density at radius 2 is 1.30 bits per heavy atom. The van der Waals surface area contributed by atoms with Crippen molar-refractivity contribution in [2.24, 2.45) is 17.8 Å². The fourth-order valence-corrected chi connectivity index (χ4v) is 10.8. The number of fused-ring (bicyclic) bond motifs is 5. The number of aromatic nitrogens is 2. The highest BCUT2D eigenvalue weighted by Gasteiger charge is 2.53. The van der Waals surface area contributed by atoms with Crippen molar-refractivity contribution in [3.63, 3.8) is 0 Å². The van der Waals surface area contributed by atoms with Crippen LogP contribution in [-0.2, 0) is 29.8 Å². The highest BCUT2D eigenvalue weighted by Crippen LogP contribution is 2.53. The number of amides is 5. The minimum Gasteiger partial charge on any atom is -0.453 e. The van der Waals surface area contributed by atoms with Crippen molar-refractivity contribution in [2.75, 3.05) is 26.1 Å². The number of likely N-dealkylation sites (tertiary alicyclic amines) is 2. The van der Waals surface area contributed by atoms with Gasteiger partial charge in [0.25, 0.3) is 5.92 Å². The zero-order valence-corrected chi connectivity index (χ0v) is 39.5. The van der Waals surface area contributed by atoms with Gasteiger partial charge in [-0.1, -0.05) is 82.3 Å². The van der Waals surface area contributed by atoms with Crippen LogP contribution in [0.4, 0.5) is 24.1 Å². The van der Waals surface area contributed by atoms with E-state index in [1.165, 1.54) is 20.3 Å². The van der Waals surface area contributed by atoms with E-state index in [0.717, 1.165) is 30.4 Å². The number of alkyl halides is 2. The number of carbonyl (C=O) groups is 5. The van der Waals surface area contributed by atoms with E-state index in [9.17, 15) is 24.0 Å². The van der Waals surface area contributed by atoms with Gasteiger partial charge in [-0.25, -0.2) is 14.6 Å². The third-order valence-corrected chi connectivity index (χ3v) is 14.3. The van der Waals surface area contributed by atoms with E-state index in [0.29, 0.717) is 64.4 Å². The maximum Gasteiger partial charge on any atom is 0.407 e. The van der Waals surface area contributed by atoms with Gasteiger partial charge < -0.3 is 40.2 Å². The molecule has 0 radical (unpaired) electrons. The van der Waals surface area contributed by atoms with Gasteiger partial charge in [0.05, 0.1) is 32.2 Å². The fourth-order valence-electron chi connectivity index (χ4n) is 10.8. The molecule has 4 N–H and O–H groups in total. The number of hydrogen-bond donors (Lipinski definition) is 4. The normalized spacial score (nSPS) is 20.6. The predicted octanol–water partition coefficient (Wildman–Crippen LogP) is 9.27. The number of alkyl carbamates (subject to hydrolysis) is 2. The molecule has 360 valence electrons. The maximum atomic E-state index is 16.7. The summed E-state index contributed by atoms with van der Waals surface area (Å²) in [4.78, 5) is 77.3. The zero-order valence-electron chi connectivity index (χ0n) is 39.5. The maximum absolute atomic E-state index is 16.7. The molecular weight excluding hydrogens is 885 g/mol. The van der Waals surface area contributed by atoms with Crippen molar-refractivity contribution >= 4 is 35.6 Å². The number of ether oxygens (including phenoxy) is 2. The highest BCUT2D eigenvalue weighted by atomic mass is 19.3. The van der Waals surface area contributed by atoms with Gasteiger partial charge >= 0.3 is 12.2 Å². The molecule has 5 amide bonds. The number of aromatic amines is 1. The van der Waals surface area contributed by atoms with Crippen molar-refractivity contribution in [3.8, 4) is 44.6 Å². The standard InChI is InChI=1S/C53H57F2N7O7/c1-28(2)44(59-51(66)68-5)49(64)61-21-9-14-43(61)47-56-27-42(58-47)34-12-7-10-30(22-34)32-16-19-38-39-20-17-33(26-41(39)53(54,55)40(38)25-32)31-11-8-13-36(23-31)57-48(63)46-35-15-18-37(24-35)62(46)50(65)45(29(3)4)60-52(67)69-6/h7-8,10-13,16-17,19-20,22-23,25-29,35,37,43-46H,9,14-15,18,21,24H2,1-6H3,(H,56,58)(H,57,63)(H,59,66)(H,60,67)/t35?,37?,43?,44?,45-,46-/m0/s1. The van der Waals surface area contributed by atoms with E-state index in [2.05, 4.69) is 25.9 Å². The van der Waals surface area contributed by atoms with E-state index < -0.39 is 36.2 Å². The van der Waals surface area contributed by atoms with E-state index in [1.54, 1.807) is 64.5 Å².